The predicted molar refractivity (Wildman–Crippen MR) is 100 cm³/mol. The van der Waals surface area contributed by atoms with E-state index in [1.54, 1.807) is 7.11 Å². The van der Waals surface area contributed by atoms with Crippen LogP contribution >= 0.6 is 0 Å². The number of morpholine rings is 1. The molecule has 1 unspecified atom stereocenters. The van der Waals surface area contributed by atoms with E-state index < -0.39 is 0 Å². The normalized spacial score (nSPS) is 17.0. The molecular formula is C19H31N3O3. The van der Waals surface area contributed by atoms with E-state index in [9.17, 15) is 4.79 Å². The molecule has 0 aromatic heterocycles. The molecule has 140 valence electrons. The lowest BCUT2D eigenvalue weighted by atomic mass is 10.0. The number of nitrogens with zero attached hydrogens (tertiary/aromatic N) is 1. The second-order valence-electron chi connectivity index (χ2n) is 6.97. The van der Waals surface area contributed by atoms with Crippen molar-refractivity contribution in [1.82, 2.24) is 10.2 Å². The third kappa shape index (κ3) is 5.61. The van der Waals surface area contributed by atoms with Crippen molar-refractivity contribution in [3.63, 3.8) is 0 Å². The van der Waals surface area contributed by atoms with Crippen LogP contribution in [0.1, 0.15) is 27.2 Å². The van der Waals surface area contributed by atoms with Gasteiger partial charge in [-0.25, -0.2) is 0 Å². The van der Waals surface area contributed by atoms with Gasteiger partial charge in [-0.15, -0.1) is 0 Å². The monoisotopic (exact) mass is 349 g/mol. The summed E-state index contributed by atoms with van der Waals surface area (Å²) in [5, 5.41) is 6.40. The van der Waals surface area contributed by atoms with E-state index in [4.69, 9.17) is 9.47 Å². The molecule has 0 spiro atoms. The highest BCUT2D eigenvalue weighted by molar-refractivity contribution is 5.84. The van der Waals surface area contributed by atoms with Crippen molar-refractivity contribution in [2.24, 2.45) is 0 Å². The van der Waals surface area contributed by atoms with Crippen molar-refractivity contribution in [3.05, 3.63) is 24.3 Å². The van der Waals surface area contributed by atoms with Crippen LogP contribution in [0, 0.1) is 0 Å². The molecule has 1 saturated heterocycles. The fourth-order valence-corrected chi connectivity index (χ4v) is 2.97. The Kier molecular flexibility index (Phi) is 7.08. The molecule has 1 aliphatic rings. The van der Waals surface area contributed by atoms with Gasteiger partial charge in [-0.2, -0.15) is 0 Å². The Morgan fingerprint density at radius 1 is 1.36 bits per heavy atom. The van der Waals surface area contributed by atoms with Crippen molar-refractivity contribution < 1.29 is 14.3 Å². The van der Waals surface area contributed by atoms with Crippen LogP contribution in [0.15, 0.2) is 24.3 Å². The Labute approximate surface area is 150 Å². The van der Waals surface area contributed by atoms with E-state index >= 15 is 0 Å². The summed E-state index contributed by atoms with van der Waals surface area (Å²) in [7, 11) is 1.64. The van der Waals surface area contributed by atoms with Crippen LogP contribution in [0.4, 0.5) is 5.69 Å². The second-order valence-corrected chi connectivity index (χ2v) is 6.97. The number of amides is 1. The number of rotatable bonds is 8. The van der Waals surface area contributed by atoms with Crippen LogP contribution in [0.5, 0.6) is 5.75 Å². The molecule has 1 heterocycles. The van der Waals surface area contributed by atoms with Crippen molar-refractivity contribution in [2.75, 3.05) is 45.3 Å². The van der Waals surface area contributed by atoms with Gasteiger partial charge in [0.1, 0.15) is 11.8 Å². The van der Waals surface area contributed by atoms with Gasteiger partial charge in [-0.05, 0) is 32.4 Å². The average molecular weight is 349 g/mol. The lowest BCUT2D eigenvalue weighted by Crippen LogP contribution is -2.56. The molecule has 2 rings (SSSR count). The highest BCUT2D eigenvalue weighted by Crippen LogP contribution is 2.19. The van der Waals surface area contributed by atoms with Gasteiger partial charge in [0.05, 0.1) is 20.3 Å². The van der Waals surface area contributed by atoms with Gasteiger partial charge in [0.15, 0.2) is 0 Å². The second kappa shape index (κ2) is 9.06. The maximum Gasteiger partial charge on any atom is 0.242 e. The van der Waals surface area contributed by atoms with Crippen LogP contribution in [0.3, 0.4) is 0 Å². The molecule has 0 radical (unpaired) electrons. The van der Waals surface area contributed by atoms with Gasteiger partial charge in [0, 0.05) is 36.9 Å². The Morgan fingerprint density at radius 3 is 2.72 bits per heavy atom. The van der Waals surface area contributed by atoms with Gasteiger partial charge >= 0.3 is 0 Å². The Morgan fingerprint density at radius 2 is 2.08 bits per heavy atom. The lowest BCUT2D eigenvalue weighted by Gasteiger charge is -2.41. The molecule has 1 atom stereocenters. The van der Waals surface area contributed by atoms with Gasteiger partial charge < -0.3 is 20.1 Å². The van der Waals surface area contributed by atoms with Gasteiger partial charge in [0.2, 0.25) is 5.91 Å². The third-order valence-electron chi connectivity index (χ3n) is 4.70. The number of anilines is 1. The molecule has 6 nitrogen and oxygen atoms in total. The summed E-state index contributed by atoms with van der Waals surface area (Å²) in [6.45, 7) is 10.3. The Balaban J connectivity index is 1.90. The molecule has 1 aromatic carbocycles. The molecule has 25 heavy (non-hydrogen) atoms. The highest BCUT2D eigenvalue weighted by atomic mass is 16.5. The van der Waals surface area contributed by atoms with Gasteiger partial charge in [0.25, 0.3) is 0 Å². The standard InChI is InChI=1S/C19H31N3O3/c1-5-17(21-15-7-6-8-16(13-15)24-4)18(23)20-14-19(2,3)22-9-11-25-12-10-22/h6-8,13,17,21H,5,9-12,14H2,1-4H3,(H,20,23). The minimum Gasteiger partial charge on any atom is -0.497 e. The van der Waals surface area contributed by atoms with Gasteiger partial charge in [-0.3, -0.25) is 9.69 Å². The maximum absolute atomic E-state index is 12.6. The molecule has 0 bridgehead atoms. The molecular weight excluding hydrogens is 318 g/mol. The number of hydrogen-bond donors (Lipinski definition) is 2. The molecule has 0 aliphatic carbocycles. The smallest absolute Gasteiger partial charge is 0.242 e. The minimum atomic E-state index is -0.271. The summed E-state index contributed by atoms with van der Waals surface area (Å²) < 4.78 is 10.6. The fourth-order valence-electron chi connectivity index (χ4n) is 2.97. The van der Waals surface area contributed by atoms with Crippen molar-refractivity contribution in [1.29, 1.82) is 0 Å². The number of carbonyl (C=O) groups is 1. The highest BCUT2D eigenvalue weighted by Gasteiger charge is 2.29. The first-order valence-corrected chi connectivity index (χ1v) is 8.97. The number of carbonyl (C=O) groups excluding carboxylic acids is 1. The molecule has 1 amide bonds. The van der Waals surface area contributed by atoms with E-state index in [-0.39, 0.29) is 17.5 Å². The van der Waals surface area contributed by atoms with Crippen LogP contribution in [0.2, 0.25) is 0 Å². The summed E-state index contributed by atoms with van der Waals surface area (Å²) in [6, 6.07) is 7.36. The SMILES string of the molecule is CCC(Nc1cccc(OC)c1)C(=O)NCC(C)(C)N1CCOCC1. The van der Waals surface area contributed by atoms with Crippen molar-refractivity contribution >= 4 is 11.6 Å². The van der Waals surface area contributed by atoms with E-state index in [1.165, 1.54) is 0 Å². The summed E-state index contributed by atoms with van der Waals surface area (Å²) in [6.07, 6.45) is 0.709. The van der Waals surface area contributed by atoms with E-state index in [0.717, 1.165) is 37.7 Å². The zero-order valence-electron chi connectivity index (χ0n) is 15.8. The van der Waals surface area contributed by atoms with Crippen LogP contribution in [0.25, 0.3) is 0 Å². The summed E-state index contributed by atoms with van der Waals surface area (Å²) in [4.78, 5) is 15.0. The first kappa shape index (κ1) is 19.5. The average Bonchev–Trinajstić information content (AvgIpc) is 2.65. The first-order valence-electron chi connectivity index (χ1n) is 8.97. The van der Waals surface area contributed by atoms with Crippen LogP contribution in [-0.4, -0.2) is 62.3 Å². The zero-order valence-corrected chi connectivity index (χ0v) is 15.8. The molecule has 2 N–H and O–H groups in total. The first-order chi connectivity index (χ1) is 12.0. The molecule has 1 aliphatic heterocycles. The molecule has 6 heteroatoms. The molecule has 1 aromatic rings. The predicted octanol–water partition coefficient (Wildman–Crippen LogP) is 2.11. The largest absolute Gasteiger partial charge is 0.497 e. The number of methoxy groups -OCH3 is 1. The molecule has 0 saturated carbocycles. The number of nitrogens with one attached hydrogen (secondary N) is 2. The number of ether oxygens (including phenoxy) is 2. The van der Waals surface area contributed by atoms with Crippen LogP contribution in [-0.2, 0) is 9.53 Å². The van der Waals surface area contributed by atoms with E-state index in [0.29, 0.717) is 13.0 Å². The summed E-state index contributed by atoms with van der Waals surface area (Å²) >= 11 is 0. The quantitative estimate of drug-likeness (QED) is 0.753. The third-order valence-corrected chi connectivity index (χ3v) is 4.70. The van der Waals surface area contributed by atoms with E-state index in [1.807, 2.05) is 31.2 Å². The van der Waals surface area contributed by atoms with Crippen molar-refractivity contribution in [3.8, 4) is 5.75 Å². The minimum absolute atomic E-state index is 0.0201. The zero-order chi connectivity index (χ0) is 18.3. The summed E-state index contributed by atoms with van der Waals surface area (Å²) in [5.41, 5.74) is 0.794. The Hall–Kier alpha value is -1.79. The topological polar surface area (TPSA) is 62.8 Å². The van der Waals surface area contributed by atoms with Crippen LogP contribution < -0.4 is 15.4 Å². The maximum atomic E-state index is 12.6. The number of benzene rings is 1. The van der Waals surface area contributed by atoms with E-state index in [2.05, 4.69) is 29.4 Å². The lowest BCUT2D eigenvalue weighted by molar-refractivity contribution is -0.122. The Bertz CT molecular complexity index is 557. The number of hydrogen-bond acceptors (Lipinski definition) is 5. The fraction of sp³-hybridized carbons (Fsp3) is 0.632. The van der Waals surface area contributed by atoms with Crippen molar-refractivity contribution in [2.45, 2.75) is 38.8 Å². The summed E-state index contributed by atoms with van der Waals surface area (Å²) in [5.74, 6) is 0.792. The van der Waals surface area contributed by atoms with Gasteiger partial charge in [-0.1, -0.05) is 13.0 Å². The molecule has 1 fully saturated rings.